The quantitative estimate of drug-likeness (QED) is 0.686. The largest absolute Gasteiger partial charge is 0.375 e. The average Bonchev–Trinajstić information content (AvgIpc) is 2.21. The molecule has 0 aromatic rings. The molecule has 1 saturated heterocycles. The van der Waals surface area contributed by atoms with E-state index in [1.165, 1.54) is 0 Å². The molecule has 74 valence electrons. The van der Waals surface area contributed by atoms with Crippen LogP contribution in [-0.2, 0) is 4.74 Å². The lowest BCUT2D eigenvalue weighted by atomic mass is 10.1. The van der Waals surface area contributed by atoms with E-state index >= 15 is 0 Å². The molecule has 0 bridgehead atoms. The zero-order valence-electron chi connectivity index (χ0n) is 8.08. The molecule has 2 nitrogen and oxygen atoms in total. The van der Waals surface area contributed by atoms with E-state index in [1.54, 1.807) is 0 Å². The third-order valence-electron chi connectivity index (χ3n) is 2.26. The van der Waals surface area contributed by atoms with Crippen LogP contribution in [0, 0.1) is 12.3 Å². The van der Waals surface area contributed by atoms with Crippen molar-refractivity contribution in [1.29, 1.82) is 0 Å². The zero-order chi connectivity index (χ0) is 9.52. The highest BCUT2D eigenvalue weighted by Gasteiger charge is 2.22. The Bertz CT molecular complexity index is 172. The monoisotopic (exact) mass is 199 g/mol. The van der Waals surface area contributed by atoms with Crippen LogP contribution in [0.25, 0.3) is 0 Å². The Morgan fingerprint density at radius 1 is 1.77 bits per heavy atom. The van der Waals surface area contributed by atoms with Crippen molar-refractivity contribution in [1.82, 2.24) is 5.32 Å². The van der Waals surface area contributed by atoms with Crippen LogP contribution in [0.4, 0.5) is 0 Å². The summed E-state index contributed by atoms with van der Waals surface area (Å²) in [6.45, 7) is 0.879. The summed E-state index contributed by atoms with van der Waals surface area (Å²) >= 11 is 1.96. The number of ether oxygens (including phenoxy) is 1. The van der Waals surface area contributed by atoms with Gasteiger partial charge in [0.15, 0.2) is 0 Å². The molecule has 0 aliphatic carbocycles. The molecule has 1 aliphatic rings. The first-order valence-electron chi connectivity index (χ1n) is 4.68. The number of hydrogen-bond acceptors (Lipinski definition) is 3. The summed E-state index contributed by atoms with van der Waals surface area (Å²) in [4.78, 5) is 0. The molecule has 0 amide bonds. The number of hydrogen-bond donors (Lipinski definition) is 1. The Hall–Kier alpha value is -0.170. The van der Waals surface area contributed by atoms with Crippen molar-refractivity contribution in [3.05, 3.63) is 0 Å². The van der Waals surface area contributed by atoms with Gasteiger partial charge in [-0.1, -0.05) is 0 Å². The molecule has 0 radical (unpaired) electrons. The van der Waals surface area contributed by atoms with E-state index in [4.69, 9.17) is 11.2 Å². The first-order chi connectivity index (χ1) is 6.38. The van der Waals surface area contributed by atoms with Gasteiger partial charge in [-0.25, -0.2) is 0 Å². The predicted octanol–water partition coefficient (Wildman–Crippen LogP) is 1.12. The second-order valence-corrected chi connectivity index (χ2v) is 4.27. The number of nitrogens with one attached hydrogen (secondary N) is 1. The van der Waals surface area contributed by atoms with Gasteiger partial charge in [-0.3, -0.25) is 0 Å². The lowest BCUT2D eigenvalue weighted by molar-refractivity contribution is 0.0473. The molecule has 1 N–H and O–H groups in total. The topological polar surface area (TPSA) is 21.3 Å². The Morgan fingerprint density at radius 2 is 2.62 bits per heavy atom. The molecule has 2 atom stereocenters. The third-order valence-corrected chi connectivity index (χ3v) is 3.28. The van der Waals surface area contributed by atoms with Crippen LogP contribution in [0.5, 0.6) is 0 Å². The van der Waals surface area contributed by atoms with Gasteiger partial charge < -0.3 is 10.1 Å². The van der Waals surface area contributed by atoms with Crippen molar-refractivity contribution in [3.63, 3.8) is 0 Å². The average molecular weight is 199 g/mol. The number of terminal acetylenes is 1. The van der Waals surface area contributed by atoms with Gasteiger partial charge in [0.05, 0.1) is 12.7 Å². The van der Waals surface area contributed by atoms with Gasteiger partial charge in [0, 0.05) is 24.0 Å². The van der Waals surface area contributed by atoms with Gasteiger partial charge >= 0.3 is 0 Å². The Morgan fingerprint density at radius 3 is 3.15 bits per heavy atom. The van der Waals surface area contributed by atoms with E-state index in [0.29, 0.717) is 12.1 Å². The van der Waals surface area contributed by atoms with E-state index in [2.05, 4.69) is 11.2 Å². The highest BCUT2D eigenvalue weighted by Crippen LogP contribution is 2.17. The number of thioether (sulfide) groups is 1. The van der Waals surface area contributed by atoms with Gasteiger partial charge in [0.25, 0.3) is 0 Å². The Labute approximate surface area is 84.8 Å². The van der Waals surface area contributed by atoms with Crippen LogP contribution in [0.2, 0.25) is 0 Å². The van der Waals surface area contributed by atoms with Crippen LogP contribution in [0.3, 0.4) is 0 Å². The maximum Gasteiger partial charge on any atom is 0.0818 e. The summed E-state index contributed by atoms with van der Waals surface area (Å²) in [5.41, 5.74) is 0. The summed E-state index contributed by atoms with van der Waals surface area (Å²) < 4.78 is 5.68. The summed E-state index contributed by atoms with van der Waals surface area (Å²) in [5.74, 6) is 4.89. The van der Waals surface area contributed by atoms with Crippen molar-refractivity contribution in [2.45, 2.75) is 25.0 Å². The highest BCUT2D eigenvalue weighted by atomic mass is 32.2. The smallest absolute Gasteiger partial charge is 0.0818 e. The van der Waals surface area contributed by atoms with Crippen LogP contribution in [-0.4, -0.2) is 37.3 Å². The van der Waals surface area contributed by atoms with Gasteiger partial charge in [-0.2, -0.15) is 11.8 Å². The fourth-order valence-electron chi connectivity index (χ4n) is 1.49. The van der Waals surface area contributed by atoms with Crippen molar-refractivity contribution >= 4 is 11.8 Å². The summed E-state index contributed by atoms with van der Waals surface area (Å²) in [7, 11) is 1.98. The molecule has 0 aromatic carbocycles. The second kappa shape index (κ2) is 6.31. The Kier molecular flexibility index (Phi) is 5.29. The van der Waals surface area contributed by atoms with E-state index in [1.807, 2.05) is 18.8 Å². The van der Waals surface area contributed by atoms with E-state index in [0.717, 1.165) is 31.0 Å². The van der Waals surface area contributed by atoms with E-state index in [9.17, 15) is 0 Å². The fourth-order valence-corrected chi connectivity index (χ4v) is 2.43. The summed E-state index contributed by atoms with van der Waals surface area (Å²) in [6, 6.07) is 0.420. The predicted molar refractivity (Wildman–Crippen MR) is 58.0 cm³/mol. The minimum Gasteiger partial charge on any atom is -0.375 e. The number of likely N-dealkylation sites (N-methyl/N-ethyl adjacent to an activating group) is 1. The third kappa shape index (κ3) is 3.60. The first-order valence-corrected chi connectivity index (χ1v) is 5.84. The summed E-state index contributed by atoms with van der Waals surface area (Å²) in [6.07, 6.45) is 7.42. The molecular weight excluding hydrogens is 182 g/mol. The molecule has 0 spiro atoms. The molecule has 13 heavy (non-hydrogen) atoms. The maximum atomic E-state index is 5.68. The molecule has 0 aromatic heterocycles. The van der Waals surface area contributed by atoms with Crippen molar-refractivity contribution < 1.29 is 4.74 Å². The van der Waals surface area contributed by atoms with Crippen LogP contribution < -0.4 is 5.32 Å². The highest BCUT2D eigenvalue weighted by molar-refractivity contribution is 7.99. The minimum absolute atomic E-state index is 0.345. The van der Waals surface area contributed by atoms with Crippen LogP contribution in [0.1, 0.15) is 12.8 Å². The van der Waals surface area contributed by atoms with Crippen molar-refractivity contribution in [3.8, 4) is 12.3 Å². The normalized spacial score (nSPS) is 25.1. The summed E-state index contributed by atoms with van der Waals surface area (Å²) in [5, 5.41) is 3.27. The van der Waals surface area contributed by atoms with Gasteiger partial charge in [-0.05, 0) is 13.5 Å². The van der Waals surface area contributed by atoms with Crippen LogP contribution in [0.15, 0.2) is 0 Å². The standard InChI is InChI=1S/C10H17NOS/c1-3-4-5-9(11-2)10-8-13-7-6-12-10/h1,9-11H,4-8H2,2H3. The fraction of sp³-hybridized carbons (Fsp3) is 0.800. The van der Waals surface area contributed by atoms with E-state index in [-0.39, 0.29) is 0 Å². The molecule has 2 unspecified atom stereocenters. The second-order valence-electron chi connectivity index (χ2n) is 3.12. The molecule has 1 rings (SSSR count). The van der Waals surface area contributed by atoms with Crippen LogP contribution >= 0.6 is 11.8 Å². The lowest BCUT2D eigenvalue weighted by Gasteiger charge is -2.29. The van der Waals surface area contributed by atoms with Gasteiger partial charge in [0.1, 0.15) is 0 Å². The van der Waals surface area contributed by atoms with Gasteiger partial charge in [0.2, 0.25) is 0 Å². The van der Waals surface area contributed by atoms with Crippen molar-refractivity contribution in [2.24, 2.45) is 0 Å². The van der Waals surface area contributed by atoms with Gasteiger partial charge in [-0.15, -0.1) is 12.3 Å². The molecule has 1 heterocycles. The minimum atomic E-state index is 0.345. The Balaban J connectivity index is 2.31. The zero-order valence-corrected chi connectivity index (χ0v) is 8.90. The molecule has 1 aliphatic heterocycles. The first kappa shape index (κ1) is 10.9. The maximum absolute atomic E-state index is 5.68. The molecule has 1 fully saturated rings. The molecule has 0 saturated carbocycles. The van der Waals surface area contributed by atoms with E-state index < -0.39 is 0 Å². The van der Waals surface area contributed by atoms with Crippen molar-refractivity contribution in [2.75, 3.05) is 25.2 Å². The number of rotatable bonds is 4. The SMILES string of the molecule is C#CCCC(NC)C1CSCCO1. The molecule has 3 heteroatoms. The molecular formula is C10H17NOS. The lowest BCUT2D eigenvalue weighted by Crippen LogP contribution is -2.43.